The number of esters is 1. The van der Waals surface area contributed by atoms with Crippen molar-refractivity contribution < 1.29 is 14.3 Å². The van der Waals surface area contributed by atoms with Gasteiger partial charge in [0.25, 0.3) is 0 Å². The molecule has 0 saturated carbocycles. The summed E-state index contributed by atoms with van der Waals surface area (Å²) in [5, 5.41) is 0. The van der Waals surface area contributed by atoms with Crippen molar-refractivity contribution in [2.75, 3.05) is 6.61 Å². The van der Waals surface area contributed by atoms with Crippen molar-refractivity contribution in [2.24, 2.45) is 5.92 Å². The van der Waals surface area contributed by atoms with Crippen LogP contribution in [0, 0.1) is 5.92 Å². The predicted molar refractivity (Wildman–Crippen MR) is 45.7 cm³/mol. The van der Waals surface area contributed by atoms with E-state index >= 15 is 0 Å². The molecule has 1 atom stereocenters. The Morgan fingerprint density at radius 3 is 2.33 bits per heavy atom. The Hall–Kier alpha value is -0.860. The smallest absolute Gasteiger partial charge is 0.302 e. The molecule has 0 radical (unpaired) electrons. The lowest BCUT2D eigenvalue weighted by Gasteiger charge is -2.08. The van der Waals surface area contributed by atoms with Gasteiger partial charge in [-0.25, -0.2) is 0 Å². The minimum atomic E-state index is -0.259. The first-order chi connectivity index (χ1) is 5.52. The van der Waals surface area contributed by atoms with E-state index in [0.717, 1.165) is 6.42 Å². The quantitative estimate of drug-likeness (QED) is 0.591. The van der Waals surface area contributed by atoms with E-state index in [1.54, 1.807) is 6.92 Å². The molecule has 0 aliphatic rings. The van der Waals surface area contributed by atoms with Crippen LogP contribution < -0.4 is 0 Å². The van der Waals surface area contributed by atoms with E-state index < -0.39 is 0 Å². The summed E-state index contributed by atoms with van der Waals surface area (Å²) in [6.07, 6.45) is 1.33. The fourth-order valence-corrected chi connectivity index (χ4v) is 0.997. The third-order valence-electron chi connectivity index (χ3n) is 1.55. The van der Waals surface area contributed by atoms with Gasteiger partial charge in [0.2, 0.25) is 0 Å². The van der Waals surface area contributed by atoms with Crippen LogP contribution in [-0.4, -0.2) is 18.4 Å². The van der Waals surface area contributed by atoms with E-state index in [4.69, 9.17) is 4.74 Å². The lowest BCUT2D eigenvalue weighted by atomic mass is 10.0. The lowest BCUT2D eigenvalue weighted by molar-refractivity contribution is -0.141. The second-order valence-electron chi connectivity index (χ2n) is 3.14. The minimum absolute atomic E-state index is 0.185. The van der Waals surface area contributed by atoms with Crippen molar-refractivity contribution in [1.29, 1.82) is 0 Å². The van der Waals surface area contributed by atoms with Gasteiger partial charge in [0.05, 0.1) is 6.61 Å². The van der Waals surface area contributed by atoms with Gasteiger partial charge in [0, 0.05) is 13.3 Å². The fraction of sp³-hybridized carbons (Fsp3) is 0.778. The molecule has 0 aromatic carbocycles. The van der Waals surface area contributed by atoms with Crippen LogP contribution in [0.5, 0.6) is 0 Å². The molecule has 12 heavy (non-hydrogen) atoms. The molecule has 0 aromatic rings. The van der Waals surface area contributed by atoms with E-state index in [9.17, 15) is 9.59 Å². The summed E-state index contributed by atoms with van der Waals surface area (Å²) in [5.41, 5.74) is 0. The van der Waals surface area contributed by atoms with Crippen LogP contribution in [-0.2, 0) is 14.3 Å². The van der Waals surface area contributed by atoms with Gasteiger partial charge in [-0.1, -0.05) is 6.92 Å². The number of hydrogen-bond acceptors (Lipinski definition) is 3. The third kappa shape index (κ3) is 7.25. The summed E-state index contributed by atoms with van der Waals surface area (Å²) in [4.78, 5) is 21.0. The summed E-state index contributed by atoms with van der Waals surface area (Å²) < 4.78 is 4.74. The first-order valence-corrected chi connectivity index (χ1v) is 4.15. The Kier molecular flexibility index (Phi) is 5.34. The van der Waals surface area contributed by atoms with E-state index in [0.29, 0.717) is 18.9 Å². The van der Waals surface area contributed by atoms with Gasteiger partial charge in [-0.3, -0.25) is 4.79 Å². The fourth-order valence-electron chi connectivity index (χ4n) is 0.997. The van der Waals surface area contributed by atoms with Crippen molar-refractivity contribution in [3.05, 3.63) is 0 Å². The van der Waals surface area contributed by atoms with Crippen LogP contribution in [0.4, 0.5) is 0 Å². The molecule has 0 rings (SSSR count). The number of ketones is 1. The first-order valence-electron chi connectivity index (χ1n) is 4.15. The summed E-state index contributed by atoms with van der Waals surface area (Å²) in [6, 6.07) is 0. The van der Waals surface area contributed by atoms with Crippen LogP contribution in [0.25, 0.3) is 0 Å². The van der Waals surface area contributed by atoms with Gasteiger partial charge < -0.3 is 9.53 Å². The highest BCUT2D eigenvalue weighted by atomic mass is 16.5. The largest absolute Gasteiger partial charge is 0.466 e. The van der Waals surface area contributed by atoms with E-state index in [-0.39, 0.29) is 11.8 Å². The van der Waals surface area contributed by atoms with Gasteiger partial charge >= 0.3 is 5.97 Å². The number of ether oxygens (including phenoxy) is 1. The summed E-state index contributed by atoms with van der Waals surface area (Å²) in [7, 11) is 0. The first kappa shape index (κ1) is 11.1. The molecule has 0 amide bonds. The third-order valence-corrected chi connectivity index (χ3v) is 1.55. The van der Waals surface area contributed by atoms with Gasteiger partial charge in [-0.2, -0.15) is 0 Å². The zero-order valence-electron chi connectivity index (χ0n) is 7.92. The van der Waals surface area contributed by atoms with Crippen LogP contribution in [0.15, 0.2) is 0 Å². The van der Waals surface area contributed by atoms with Crippen LogP contribution >= 0.6 is 0 Å². The zero-order valence-corrected chi connectivity index (χ0v) is 7.92. The van der Waals surface area contributed by atoms with Crippen molar-refractivity contribution in [3.8, 4) is 0 Å². The molecule has 0 fully saturated rings. The Balaban J connectivity index is 3.37. The molecule has 0 heterocycles. The highest BCUT2D eigenvalue weighted by Crippen LogP contribution is 2.07. The molecule has 70 valence electrons. The number of carbonyl (C=O) groups is 2. The molecular formula is C9H16O3. The SMILES string of the molecule is CC(=O)CC(C)CCOC(C)=O. The number of rotatable bonds is 5. The minimum Gasteiger partial charge on any atom is -0.466 e. The highest BCUT2D eigenvalue weighted by Gasteiger charge is 2.05. The Morgan fingerprint density at radius 2 is 1.92 bits per heavy atom. The van der Waals surface area contributed by atoms with Crippen molar-refractivity contribution in [2.45, 2.75) is 33.6 Å². The van der Waals surface area contributed by atoms with Gasteiger partial charge in [-0.05, 0) is 19.3 Å². The Bertz CT molecular complexity index is 163. The van der Waals surface area contributed by atoms with Crippen molar-refractivity contribution >= 4 is 11.8 Å². The second-order valence-corrected chi connectivity index (χ2v) is 3.14. The summed E-state index contributed by atoms with van der Waals surface area (Å²) in [5.74, 6) is 0.234. The molecule has 3 nitrogen and oxygen atoms in total. The maximum Gasteiger partial charge on any atom is 0.302 e. The molecule has 0 aliphatic carbocycles. The average molecular weight is 172 g/mol. The van der Waals surface area contributed by atoms with Crippen LogP contribution in [0.2, 0.25) is 0 Å². The lowest BCUT2D eigenvalue weighted by Crippen LogP contribution is -2.07. The molecule has 3 heteroatoms. The highest BCUT2D eigenvalue weighted by molar-refractivity contribution is 5.75. The molecule has 0 bridgehead atoms. The molecule has 1 unspecified atom stereocenters. The molecule has 0 N–H and O–H groups in total. The normalized spacial score (nSPS) is 12.2. The number of hydrogen-bond donors (Lipinski definition) is 0. The molecule has 0 aliphatic heterocycles. The van der Waals surface area contributed by atoms with E-state index in [1.165, 1.54) is 6.92 Å². The number of carbonyl (C=O) groups excluding carboxylic acids is 2. The summed E-state index contributed by atoms with van der Waals surface area (Å²) >= 11 is 0. The van der Waals surface area contributed by atoms with Gasteiger partial charge in [0.1, 0.15) is 5.78 Å². The average Bonchev–Trinajstić information content (AvgIpc) is 1.84. The number of Topliss-reactive ketones (excluding diaryl/α,β-unsaturated/α-hetero) is 1. The molecular weight excluding hydrogens is 156 g/mol. The zero-order chi connectivity index (χ0) is 9.56. The van der Waals surface area contributed by atoms with Gasteiger partial charge in [0.15, 0.2) is 0 Å². The van der Waals surface area contributed by atoms with Crippen LogP contribution in [0.3, 0.4) is 0 Å². The second kappa shape index (κ2) is 5.75. The molecule has 0 saturated heterocycles. The van der Waals surface area contributed by atoms with E-state index in [2.05, 4.69) is 0 Å². The Morgan fingerprint density at radius 1 is 1.33 bits per heavy atom. The van der Waals surface area contributed by atoms with Crippen molar-refractivity contribution in [1.82, 2.24) is 0 Å². The van der Waals surface area contributed by atoms with Crippen molar-refractivity contribution in [3.63, 3.8) is 0 Å². The topological polar surface area (TPSA) is 43.4 Å². The molecule has 0 aromatic heterocycles. The monoisotopic (exact) mass is 172 g/mol. The van der Waals surface area contributed by atoms with Crippen LogP contribution in [0.1, 0.15) is 33.6 Å². The van der Waals surface area contributed by atoms with Gasteiger partial charge in [-0.15, -0.1) is 0 Å². The predicted octanol–water partition coefficient (Wildman–Crippen LogP) is 1.55. The Labute approximate surface area is 73.1 Å². The van der Waals surface area contributed by atoms with E-state index in [1.807, 2.05) is 6.92 Å². The molecule has 0 spiro atoms. The standard InChI is InChI=1S/C9H16O3/c1-7(6-8(2)10)4-5-12-9(3)11/h7H,4-6H2,1-3H3. The maximum atomic E-state index is 10.6. The summed E-state index contributed by atoms with van der Waals surface area (Å²) in [6.45, 7) is 5.35. The maximum absolute atomic E-state index is 10.6.